The van der Waals surface area contributed by atoms with E-state index in [1.807, 2.05) is 0 Å². The molecule has 2 unspecified atom stereocenters. The molecule has 2 atom stereocenters. The summed E-state index contributed by atoms with van der Waals surface area (Å²) in [5.74, 6) is 0.879. The van der Waals surface area contributed by atoms with Crippen LogP contribution < -0.4 is 10.6 Å². The van der Waals surface area contributed by atoms with Gasteiger partial charge in [-0.1, -0.05) is 6.92 Å². The summed E-state index contributed by atoms with van der Waals surface area (Å²) >= 11 is 1.74. The highest BCUT2D eigenvalue weighted by Gasteiger charge is 2.17. The van der Waals surface area contributed by atoms with Crippen LogP contribution in [-0.4, -0.2) is 30.7 Å². The first kappa shape index (κ1) is 13.0. The van der Waals surface area contributed by atoms with E-state index in [-0.39, 0.29) is 0 Å². The van der Waals surface area contributed by atoms with E-state index in [1.54, 1.807) is 11.3 Å². The zero-order valence-electron chi connectivity index (χ0n) is 10.8. The predicted molar refractivity (Wildman–Crippen MR) is 73.6 cm³/mol. The number of thiazole rings is 1. The van der Waals surface area contributed by atoms with Gasteiger partial charge in [-0.3, -0.25) is 0 Å². The third-order valence-electron chi connectivity index (χ3n) is 3.37. The summed E-state index contributed by atoms with van der Waals surface area (Å²) < 4.78 is 0. The second-order valence-electron chi connectivity index (χ2n) is 5.09. The van der Waals surface area contributed by atoms with E-state index in [0.29, 0.717) is 6.04 Å². The first-order chi connectivity index (χ1) is 8.24. The van der Waals surface area contributed by atoms with Gasteiger partial charge in [0.05, 0.1) is 10.7 Å². The van der Waals surface area contributed by atoms with Crippen molar-refractivity contribution in [3.8, 4) is 0 Å². The molecule has 1 aromatic rings. The van der Waals surface area contributed by atoms with Crippen molar-refractivity contribution in [3.05, 3.63) is 16.1 Å². The number of nitrogens with one attached hydrogen (secondary N) is 2. The van der Waals surface area contributed by atoms with Crippen molar-refractivity contribution in [2.24, 2.45) is 5.92 Å². The molecular weight excluding hydrogens is 230 g/mol. The molecule has 1 saturated heterocycles. The first-order valence-electron chi connectivity index (χ1n) is 6.59. The third kappa shape index (κ3) is 4.37. The Morgan fingerprint density at radius 1 is 1.59 bits per heavy atom. The Bertz CT molecular complexity index is 337. The lowest BCUT2D eigenvalue weighted by atomic mass is 9.94. The minimum atomic E-state index is 0.663. The molecule has 1 aliphatic rings. The minimum absolute atomic E-state index is 0.663. The zero-order valence-corrected chi connectivity index (χ0v) is 11.6. The monoisotopic (exact) mass is 253 g/mol. The van der Waals surface area contributed by atoms with Crippen molar-refractivity contribution < 1.29 is 0 Å². The van der Waals surface area contributed by atoms with Crippen LogP contribution in [0.1, 0.15) is 30.5 Å². The third-order valence-corrected chi connectivity index (χ3v) is 4.19. The molecule has 0 amide bonds. The van der Waals surface area contributed by atoms with E-state index in [1.165, 1.54) is 30.1 Å². The van der Waals surface area contributed by atoms with E-state index in [2.05, 4.69) is 34.8 Å². The number of piperidine rings is 1. The molecule has 0 aromatic carbocycles. The van der Waals surface area contributed by atoms with Crippen molar-refractivity contribution in [2.45, 2.75) is 39.2 Å². The van der Waals surface area contributed by atoms with Crippen molar-refractivity contribution >= 4 is 11.3 Å². The van der Waals surface area contributed by atoms with Gasteiger partial charge in [-0.2, -0.15) is 0 Å². The summed E-state index contributed by atoms with van der Waals surface area (Å²) in [4.78, 5) is 4.47. The average molecular weight is 253 g/mol. The van der Waals surface area contributed by atoms with Gasteiger partial charge in [0.1, 0.15) is 0 Å². The number of hydrogen-bond donors (Lipinski definition) is 2. The van der Waals surface area contributed by atoms with Gasteiger partial charge in [-0.25, -0.2) is 4.98 Å². The highest BCUT2D eigenvalue weighted by atomic mass is 32.1. The fourth-order valence-corrected chi connectivity index (χ4v) is 3.04. The van der Waals surface area contributed by atoms with Gasteiger partial charge in [0.25, 0.3) is 0 Å². The van der Waals surface area contributed by atoms with E-state index < -0.39 is 0 Å². The van der Waals surface area contributed by atoms with Crippen LogP contribution in [-0.2, 0) is 6.42 Å². The molecule has 1 aliphatic heterocycles. The summed E-state index contributed by atoms with van der Waals surface area (Å²) in [6.07, 6.45) is 3.68. The molecule has 4 heteroatoms. The standard InChI is InChI=1S/C13H23N3S/c1-10-3-6-15-13(7-10)8-14-5-4-12-9-17-11(2)16-12/h9-10,13-15H,3-8H2,1-2H3. The van der Waals surface area contributed by atoms with Gasteiger partial charge in [0.15, 0.2) is 0 Å². The second kappa shape index (κ2) is 6.47. The molecule has 0 radical (unpaired) electrons. The highest BCUT2D eigenvalue weighted by Crippen LogP contribution is 2.14. The van der Waals surface area contributed by atoms with E-state index in [0.717, 1.165) is 25.4 Å². The van der Waals surface area contributed by atoms with Gasteiger partial charge in [-0.05, 0) is 32.2 Å². The van der Waals surface area contributed by atoms with E-state index in [9.17, 15) is 0 Å². The number of rotatable bonds is 5. The maximum Gasteiger partial charge on any atom is 0.0897 e. The zero-order chi connectivity index (χ0) is 12.1. The van der Waals surface area contributed by atoms with Crippen molar-refractivity contribution in [1.29, 1.82) is 0 Å². The Morgan fingerprint density at radius 3 is 3.18 bits per heavy atom. The molecule has 1 fully saturated rings. The summed E-state index contributed by atoms with van der Waals surface area (Å²) in [6.45, 7) is 7.73. The lowest BCUT2D eigenvalue weighted by Crippen LogP contribution is -2.44. The average Bonchev–Trinajstić information content (AvgIpc) is 2.71. The fourth-order valence-electron chi connectivity index (χ4n) is 2.39. The lowest BCUT2D eigenvalue weighted by Gasteiger charge is -2.28. The normalized spacial score (nSPS) is 25.1. The van der Waals surface area contributed by atoms with Gasteiger partial charge < -0.3 is 10.6 Å². The first-order valence-corrected chi connectivity index (χ1v) is 7.47. The van der Waals surface area contributed by atoms with Gasteiger partial charge >= 0.3 is 0 Å². The Kier molecular flexibility index (Phi) is 4.95. The quantitative estimate of drug-likeness (QED) is 0.788. The lowest BCUT2D eigenvalue weighted by molar-refractivity contribution is 0.311. The molecule has 0 spiro atoms. The van der Waals surface area contributed by atoms with E-state index in [4.69, 9.17) is 0 Å². The summed E-state index contributed by atoms with van der Waals surface area (Å²) in [6, 6.07) is 0.663. The molecule has 2 heterocycles. The van der Waals surface area contributed by atoms with Crippen LogP contribution in [0.25, 0.3) is 0 Å². The minimum Gasteiger partial charge on any atom is -0.315 e. The van der Waals surface area contributed by atoms with Crippen LogP contribution in [0.5, 0.6) is 0 Å². The van der Waals surface area contributed by atoms with Gasteiger partial charge in [0.2, 0.25) is 0 Å². The molecule has 96 valence electrons. The molecule has 0 saturated carbocycles. The van der Waals surface area contributed by atoms with Crippen LogP contribution in [0.2, 0.25) is 0 Å². The van der Waals surface area contributed by atoms with Crippen LogP contribution >= 0.6 is 11.3 Å². The van der Waals surface area contributed by atoms with Crippen molar-refractivity contribution in [2.75, 3.05) is 19.6 Å². The Balaban J connectivity index is 1.59. The largest absolute Gasteiger partial charge is 0.315 e. The molecule has 17 heavy (non-hydrogen) atoms. The number of nitrogens with zero attached hydrogens (tertiary/aromatic N) is 1. The predicted octanol–water partition coefficient (Wildman–Crippen LogP) is 1.97. The second-order valence-corrected chi connectivity index (χ2v) is 6.15. The topological polar surface area (TPSA) is 37.0 Å². The summed E-state index contributed by atoms with van der Waals surface area (Å²) in [5.41, 5.74) is 1.23. The molecule has 0 bridgehead atoms. The molecule has 2 rings (SSSR count). The number of aromatic nitrogens is 1. The molecule has 0 aliphatic carbocycles. The fraction of sp³-hybridized carbons (Fsp3) is 0.769. The van der Waals surface area contributed by atoms with Crippen LogP contribution in [0, 0.1) is 12.8 Å². The van der Waals surface area contributed by atoms with Gasteiger partial charge in [0, 0.05) is 30.9 Å². The highest BCUT2D eigenvalue weighted by molar-refractivity contribution is 7.09. The number of aryl methyl sites for hydroxylation is 1. The Labute approximate surface area is 108 Å². The maximum absolute atomic E-state index is 4.47. The van der Waals surface area contributed by atoms with Crippen LogP contribution in [0.15, 0.2) is 5.38 Å². The van der Waals surface area contributed by atoms with Crippen molar-refractivity contribution in [1.82, 2.24) is 15.6 Å². The summed E-state index contributed by atoms with van der Waals surface area (Å²) in [5, 5.41) is 10.4. The SMILES string of the molecule is Cc1nc(CCNCC2CC(C)CCN2)cs1. The smallest absolute Gasteiger partial charge is 0.0897 e. The van der Waals surface area contributed by atoms with Crippen molar-refractivity contribution in [3.63, 3.8) is 0 Å². The van der Waals surface area contributed by atoms with Gasteiger partial charge in [-0.15, -0.1) is 11.3 Å². The molecule has 3 nitrogen and oxygen atoms in total. The maximum atomic E-state index is 4.47. The van der Waals surface area contributed by atoms with E-state index >= 15 is 0 Å². The van der Waals surface area contributed by atoms with Crippen LogP contribution in [0.4, 0.5) is 0 Å². The molecule has 1 aromatic heterocycles. The Morgan fingerprint density at radius 2 is 2.47 bits per heavy atom. The Hall–Kier alpha value is -0.450. The summed E-state index contributed by atoms with van der Waals surface area (Å²) in [7, 11) is 0. The molecular formula is C13H23N3S. The number of hydrogen-bond acceptors (Lipinski definition) is 4. The molecule has 2 N–H and O–H groups in total. The van der Waals surface area contributed by atoms with Crippen LogP contribution in [0.3, 0.4) is 0 Å².